The van der Waals surface area contributed by atoms with E-state index in [4.69, 9.17) is 16.3 Å². The van der Waals surface area contributed by atoms with E-state index in [1.165, 1.54) is 0 Å². The maximum atomic E-state index is 13.3. The van der Waals surface area contributed by atoms with E-state index in [2.05, 4.69) is 15.3 Å². The molecule has 6 nitrogen and oxygen atoms in total. The minimum absolute atomic E-state index is 0.0522. The maximum absolute atomic E-state index is 13.3. The van der Waals surface area contributed by atoms with Gasteiger partial charge in [-0.3, -0.25) is 14.8 Å². The van der Waals surface area contributed by atoms with Crippen LogP contribution in [-0.4, -0.2) is 27.6 Å². The molecule has 0 saturated carbocycles. The number of aromatic hydroxyl groups is 1. The number of para-hydroxylation sites is 2. The number of benzene rings is 4. The molecule has 40 heavy (non-hydrogen) atoms. The van der Waals surface area contributed by atoms with Gasteiger partial charge in [0, 0.05) is 28.7 Å². The van der Waals surface area contributed by atoms with Crippen LogP contribution >= 0.6 is 11.6 Å². The average Bonchev–Trinajstić information content (AvgIpc) is 3.01. The number of aromatic nitrogens is 2. The van der Waals surface area contributed by atoms with E-state index in [0.717, 1.165) is 27.6 Å². The van der Waals surface area contributed by atoms with Gasteiger partial charge >= 0.3 is 0 Å². The van der Waals surface area contributed by atoms with Gasteiger partial charge in [-0.15, -0.1) is 0 Å². The Balaban J connectivity index is 1.49. The molecular weight excluding hydrogens is 522 g/mol. The third kappa shape index (κ3) is 4.93. The SMILES string of the molecule is O=C(COc1ccccc1)NC(c1ccccc1-c1ccnc2ccccc12)c1cc(Cl)c2cccnc2c1O. The van der Waals surface area contributed by atoms with Gasteiger partial charge in [-0.05, 0) is 59.2 Å². The number of pyridine rings is 2. The zero-order chi connectivity index (χ0) is 27.5. The predicted molar refractivity (Wildman–Crippen MR) is 158 cm³/mol. The molecule has 0 aliphatic heterocycles. The Morgan fingerprint density at radius 2 is 1.55 bits per heavy atom. The number of amides is 1. The van der Waals surface area contributed by atoms with Crippen molar-refractivity contribution in [1.82, 2.24) is 15.3 Å². The summed E-state index contributed by atoms with van der Waals surface area (Å²) in [4.78, 5) is 22.2. The molecule has 1 amide bonds. The normalized spacial score (nSPS) is 11.8. The van der Waals surface area contributed by atoms with Crippen LogP contribution in [0.3, 0.4) is 0 Å². The molecule has 196 valence electrons. The van der Waals surface area contributed by atoms with E-state index in [1.807, 2.05) is 72.8 Å². The lowest BCUT2D eigenvalue weighted by atomic mass is 9.89. The van der Waals surface area contributed by atoms with Crippen molar-refractivity contribution < 1.29 is 14.6 Å². The first-order valence-corrected chi connectivity index (χ1v) is 13.1. The van der Waals surface area contributed by atoms with Gasteiger partial charge in [-0.25, -0.2) is 0 Å². The van der Waals surface area contributed by atoms with E-state index >= 15 is 0 Å². The molecule has 0 aliphatic carbocycles. The van der Waals surface area contributed by atoms with Crippen LogP contribution in [0, 0.1) is 0 Å². The van der Waals surface area contributed by atoms with Crippen LogP contribution < -0.4 is 10.1 Å². The van der Waals surface area contributed by atoms with Gasteiger partial charge in [-0.1, -0.05) is 72.3 Å². The number of hydrogen-bond donors (Lipinski definition) is 2. The van der Waals surface area contributed by atoms with Crippen molar-refractivity contribution >= 4 is 39.3 Å². The molecule has 2 aromatic heterocycles. The fourth-order valence-corrected chi connectivity index (χ4v) is 5.21. The Labute approximate surface area is 235 Å². The molecule has 0 bridgehead atoms. The first kappa shape index (κ1) is 25.3. The number of nitrogens with zero attached hydrogens (tertiary/aromatic N) is 2. The van der Waals surface area contributed by atoms with Gasteiger partial charge in [0.15, 0.2) is 6.61 Å². The van der Waals surface area contributed by atoms with Gasteiger partial charge in [0.05, 0.1) is 16.6 Å². The summed E-state index contributed by atoms with van der Waals surface area (Å²) in [5.41, 5.74) is 4.24. The van der Waals surface area contributed by atoms with Gasteiger partial charge in [0.1, 0.15) is 17.0 Å². The Morgan fingerprint density at radius 1 is 0.800 bits per heavy atom. The molecule has 0 fully saturated rings. The van der Waals surface area contributed by atoms with Crippen molar-refractivity contribution in [3.63, 3.8) is 0 Å². The van der Waals surface area contributed by atoms with Crippen molar-refractivity contribution in [3.8, 4) is 22.6 Å². The third-order valence-electron chi connectivity index (χ3n) is 6.79. The first-order chi connectivity index (χ1) is 19.6. The van der Waals surface area contributed by atoms with Crippen LogP contribution in [0.1, 0.15) is 17.2 Å². The number of carbonyl (C=O) groups excluding carboxylic acids is 1. The highest BCUT2D eigenvalue weighted by atomic mass is 35.5. The lowest BCUT2D eigenvalue weighted by Gasteiger charge is -2.25. The Kier molecular flexibility index (Phi) is 7.00. The number of ether oxygens (including phenoxy) is 1. The molecule has 2 N–H and O–H groups in total. The van der Waals surface area contributed by atoms with Gasteiger partial charge in [0.25, 0.3) is 5.91 Å². The van der Waals surface area contributed by atoms with E-state index < -0.39 is 6.04 Å². The lowest BCUT2D eigenvalue weighted by Crippen LogP contribution is -2.33. The van der Waals surface area contributed by atoms with Crippen LogP contribution in [0.5, 0.6) is 11.5 Å². The van der Waals surface area contributed by atoms with E-state index in [9.17, 15) is 9.90 Å². The Morgan fingerprint density at radius 3 is 2.42 bits per heavy atom. The molecule has 6 rings (SSSR count). The van der Waals surface area contributed by atoms with E-state index in [-0.39, 0.29) is 18.3 Å². The number of phenols is 1. The Hall–Kier alpha value is -4.94. The summed E-state index contributed by atoms with van der Waals surface area (Å²) in [5.74, 6) is 0.169. The molecule has 6 aromatic rings. The predicted octanol–water partition coefficient (Wildman–Crippen LogP) is 7.09. The largest absolute Gasteiger partial charge is 0.505 e. The molecule has 1 atom stereocenters. The number of rotatable bonds is 7. The highest BCUT2D eigenvalue weighted by Gasteiger charge is 2.26. The topological polar surface area (TPSA) is 84.3 Å². The second-order valence-corrected chi connectivity index (χ2v) is 9.67. The summed E-state index contributed by atoms with van der Waals surface area (Å²) in [5, 5.41) is 16.5. The van der Waals surface area contributed by atoms with Crippen molar-refractivity contribution in [2.45, 2.75) is 6.04 Å². The number of nitrogens with one attached hydrogen (secondary N) is 1. The van der Waals surface area contributed by atoms with Gasteiger partial charge in [0.2, 0.25) is 0 Å². The van der Waals surface area contributed by atoms with Crippen molar-refractivity contribution in [1.29, 1.82) is 0 Å². The summed E-state index contributed by atoms with van der Waals surface area (Å²) in [7, 11) is 0. The van der Waals surface area contributed by atoms with Crippen LogP contribution in [0.4, 0.5) is 0 Å². The molecule has 7 heteroatoms. The van der Waals surface area contributed by atoms with E-state index in [1.54, 1.807) is 42.7 Å². The fourth-order valence-electron chi connectivity index (χ4n) is 4.94. The molecule has 1 unspecified atom stereocenters. The third-order valence-corrected chi connectivity index (χ3v) is 7.10. The molecular formula is C33H24ClN3O3. The monoisotopic (exact) mass is 545 g/mol. The fraction of sp³-hybridized carbons (Fsp3) is 0.0606. The van der Waals surface area contributed by atoms with Crippen LogP contribution in [-0.2, 0) is 4.79 Å². The standard InChI is InChI=1S/C33H24ClN3O3/c34-28-19-27(33(39)32-26(28)14-8-17-36-32)31(37-30(38)20-40-21-9-2-1-3-10-21)25-13-5-4-11-22(25)23-16-18-35-29-15-7-6-12-24(23)29/h1-19,31,39H,20H2,(H,37,38). The average molecular weight is 546 g/mol. The highest BCUT2D eigenvalue weighted by Crippen LogP contribution is 2.41. The molecule has 0 aliphatic rings. The molecule has 0 radical (unpaired) electrons. The zero-order valence-corrected chi connectivity index (χ0v) is 22.0. The summed E-state index contributed by atoms with van der Waals surface area (Å²) in [6.07, 6.45) is 3.37. The first-order valence-electron chi connectivity index (χ1n) is 12.8. The number of halogens is 1. The molecule has 4 aromatic carbocycles. The second kappa shape index (κ2) is 11.0. The molecule has 0 spiro atoms. The maximum Gasteiger partial charge on any atom is 0.258 e. The van der Waals surface area contributed by atoms with Crippen molar-refractivity contribution in [2.75, 3.05) is 6.61 Å². The Bertz CT molecular complexity index is 1840. The summed E-state index contributed by atoms with van der Waals surface area (Å²) >= 11 is 6.68. The van der Waals surface area contributed by atoms with Crippen molar-refractivity contribution in [3.05, 3.63) is 132 Å². The number of carbonyl (C=O) groups is 1. The second-order valence-electron chi connectivity index (χ2n) is 9.26. The number of phenolic OH excluding ortho intramolecular Hbond substituents is 1. The van der Waals surface area contributed by atoms with Gasteiger partial charge in [-0.2, -0.15) is 0 Å². The summed E-state index contributed by atoms with van der Waals surface area (Å²) < 4.78 is 5.72. The minimum atomic E-state index is -0.765. The van der Waals surface area contributed by atoms with Crippen LogP contribution in [0.2, 0.25) is 5.02 Å². The zero-order valence-electron chi connectivity index (χ0n) is 21.3. The highest BCUT2D eigenvalue weighted by molar-refractivity contribution is 6.35. The van der Waals surface area contributed by atoms with Crippen LogP contribution in [0.15, 0.2) is 116 Å². The molecule has 0 saturated heterocycles. The summed E-state index contributed by atoms with van der Waals surface area (Å²) in [6.45, 7) is -0.207. The quantitative estimate of drug-likeness (QED) is 0.224. The van der Waals surface area contributed by atoms with Crippen molar-refractivity contribution in [2.24, 2.45) is 0 Å². The smallest absolute Gasteiger partial charge is 0.258 e. The minimum Gasteiger partial charge on any atom is -0.505 e. The van der Waals surface area contributed by atoms with Gasteiger partial charge < -0.3 is 15.2 Å². The van der Waals surface area contributed by atoms with E-state index in [0.29, 0.717) is 27.2 Å². The lowest BCUT2D eigenvalue weighted by molar-refractivity contribution is -0.123. The molecule has 2 heterocycles. The summed E-state index contributed by atoms with van der Waals surface area (Å²) in [6, 6.07) is 31.2. The number of fused-ring (bicyclic) bond motifs is 2. The number of hydrogen-bond acceptors (Lipinski definition) is 5. The van der Waals surface area contributed by atoms with Crippen LogP contribution in [0.25, 0.3) is 32.9 Å².